The zero-order chi connectivity index (χ0) is 51.2. The van der Waals surface area contributed by atoms with Gasteiger partial charge in [-0.25, -0.2) is 0 Å². The van der Waals surface area contributed by atoms with Gasteiger partial charge in [0.25, 0.3) is 0 Å². The van der Waals surface area contributed by atoms with Crippen LogP contribution in [0, 0.1) is 29.6 Å². The number of ether oxygens (including phenoxy) is 2. The third kappa shape index (κ3) is 14.6. The molecule has 378 valence electrons. The molecule has 0 fully saturated rings. The van der Waals surface area contributed by atoms with Gasteiger partial charge in [0.05, 0.1) is 32.0 Å². The van der Waals surface area contributed by atoms with Crippen molar-refractivity contribution in [2.75, 3.05) is 7.11 Å². The van der Waals surface area contributed by atoms with E-state index in [2.05, 4.69) is 250 Å². The number of hydrogen-bond acceptors (Lipinski definition) is 4. The first-order valence-electron chi connectivity index (χ1n) is 26.0. The highest BCUT2D eigenvalue weighted by molar-refractivity contribution is 7.94. The lowest BCUT2D eigenvalue weighted by Crippen LogP contribution is -2.52. The zero-order valence-electron chi connectivity index (χ0n) is 46.0. The van der Waals surface area contributed by atoms with Crippen molar-refractivity contribution in [2.24, 2.45) is 29.6 Å². The first-order chi connectivity index (χ1) is 32.6. The second kappa shape index (κ2) is 26.3. The molecular formula is C62H93O4PSi2. The summed E-state index contributed by atoms with van der Waals surface area (Å²) < 4.78 is 28.0. The van der Waals surface area contributed by atoms with Gasteiger partial charge in [-0.15, -0.1) is 0 Å². The Morgan fingerprint density at radius 1 is 0.580 bits per heavy atom. The molecule has 0 aliphatic rings. The molecule has 0 aliphatic carbocycles. The third-order valence-corrected chi connectivity index (χ3v) is 30.3. The van der Waals surface area contributed by atoms with Crippen LogP contribution in [0.5, 0.6) is 5.75 Å². The fourth-order valence-electron chi connectivity index (χ4n) is 10.7. The minimum atomic E-state index is -2.33. The standard InChI is InChI=1S/C62H93O4PSi2/c1-19-20-31-50(9)60(64-44-54-40-42-55(63-16)43-41-54)53(12)61(65-68(17,18)62(13,14)15)51(10)33-30-32-49(8)59(66-69(46(2)3,47(4)5)48(6)7)52(11)45-67(56-34-24-21-25-35-56,57-36-26-22-27-37-57)58-38-28-23-29-39-58/h19-32,34-43,45-53,59-61H,1,33,44H2,2-18H3/b31-20-,32-30-/t49-,50-,51-,52-,53+,59+,60-,61+/m0/s1. The summed E-state index contributed by atoms with van der Waals surface area (Å²) in [6, 6.07) is 42.0. The Balaban J connectivity index is 1.84. The molecule has 4 rings (SSSR count). The van der Waals surface area contributed by atoms with Gasteiger partial charge in [-0.1, -0.05) is 243 Å². The smallest absolute Gasteiger partial charge is 0.200 e. The van der Waals surface area contributed by atoms with Gasteiger partial charge in [0.2, 0.25) is 8.32 Å². The normalized spacial score (nSPS) is 16.6. The molecule has 0 N–H and O–H groups in total. The molecule has 0 bridgehead atoms. The summed E-state index contributed by atoms with van der Waals surface area (Å²) in [6.45, 7) is 40.4. The molecule has 0 aliphatic heterocycles. The number of rotatable bonds is 26. The maximum Gasteiger partial charge on any atom is 0.200 e. The molecule has 4 nitrogen and oxygen atoms in total. The number of methoxy groups -OCH3 is 1. The van der Waals surface area contributed by atoms with Crippen LogP contribution in [0.3, 0.4) is 0 Å². The Hall–Kier alpha value is -3.49. The molecule has 8 atom stereocenters. The van der Waals surface area contributed by atoms with Crippen LogP contribution in [0.25, 0.3) is 0 Å². The minimum absolute atomic E-state index is 0.0264. The van der Waals surface area contributed by atoms with E-state index in [1.165, 1.54) is 15.9 Å². The molecule has 0 heterocycles. The Bertz CT molecular complexity index is 2100. The Kier molecular flexibility index (Phi) is 22.1. The maximum absolute atomic E-state index is 8.03. The van der Waals surface area contributed by atoms with Crippen molar-refractivity contribution in [1.29, 1.82) is 0 Å². The highest BCUT2D eigenvalue weighted by Gasteiger charge is 2.48. The zero-order valence-corrected chi connectivity index (χ0v) is 48.9. The van der Waals surface area contributed by atoms with Gasteiger partial charge in [0.15, 0.2) is 8.32 Å². The highest BCUT2D eigenvalue weighted by Crippen LogP contribution is 2.48. The van der Waals surface area contributed by atoms with E-state index in [0.717, 1.165) is 17.7 Å². The van der Waals surface area contributed by atoms with Crippen LogP contribution in [0.4, 0.5) is 0 Å². The summed E-state index contributed by atoms with van der Waals surface area (Å²) in [5.41, 5.74) is 2.49. The van der Waals surface area contributed by atoms with Crippen LogP contribution in [0.2, 0.25) is 34.8 Å². The maximum atomic E-state index is 8.03. The summed E-state index contributed by atoms with van der Waals surface area (Å²) in [6.07, 6.45) is 11.8. The summed E-state index contributed by atoms with van der Waals surface area (Å²) in [5.74, 6) is 4.34. The monoisotopic (exact) mass is 989 g/mol. The molecule has 69 heavy (non-hydrogen) atoms. The van der Waals surface area contributed by atoms with E-state index >= 15 is 0 Å². The van der Waals surface area contributed by atoms with Crippen LogP contribution in [-0.4, -0.2) is 47.9 Å². The molecule has 0 saturated heterocycles. The summed E-state index contributed by atoms with van der Waals surface area (Å²) >= 11 is 0. The van der Waals surface area contributed by atoms with Crippen molar-refractivity contribution in [2.45, 2.75) is 163 Å². The second-order valence-corrected chi connectivity index (χ2v) is 35.9. The summed E-state index contributed by atoms with van der Waals surface area (Å²) in [7, 11) is -2.82. The molecule has 4 aromatic carbocycles. The van der Waals surface area contributed by atoms with E-state index < -0.39 is 23.5 Å². The van der Waals surface area contributed by atoms with Gasteiger partial charge in [0, 0.05) is 17.8 Å². The summed E-state index contributed by atoms with van der Waals surface area (Å²) in [5, 5.41) is 4.16. The molecule has 0 radical (unpaired) electrons. The van der Waals surface area contributed by atoms with Crippen molar-refractivity contribution in [3.63, 3.8) is 0 Å². The summed E-state index contributed by atoms with van der Waals surface area (Å²) in [4.78, 5) is 0. The first-order valence-corrected chi connectivity index (χ1v) is 33.0. The van der Waals surface area contributed by atoms with Gasteiger partial charge < -0.3 is 18.3 Å². The van der Waals surface area contributed by atoms with Crippen molar-refractivity contribution < 1.29 is 18.3 Å². The molecular weight excluding hydrogens is 896 g/mol. The van der Waals surface area contributed by atoms with Crippen molar-refractivity contribution >= 4 is 45.2 Å². The largest absolute Gasteiger partial charge is 0.497 e. The number of allylic oxidation sites excluding steroid dienone is 3. The van der Waals surface area contributed by atoms with Gasteiger partial charge in [-0.2, -0.15) is 0 Å². The SMILES string of the molecule is C=C/C=C\[C@H](C)[C@H](OCc1ccc(OC)cc1)[C@@H](C)[C@H](O[Si](C)(C)C(C)(C)C)[C@@H](C)C/C=C\[C@H](C)[C@@H](O[Si](C(C)C)(C(C)C)C(C)C)[C@@H](C)C=P(c1ccccc1)(c1ccccc1)c1ccccc1. The minimum Gasteiger partial charge on any atom is -0.497 e. The van der Waals surface area contributed by atoms with Crippen LogP contribution in [0.15, 0.2) is 152 Å². The lowest BCUT2D eigenvalue weighted by molar-refractivity contribution is -0.0641. The quantitative estimate of drug-likeness (QED) is 0.0272. The Labute approximate surface area is 424 Å². The number of benzene rings is 4. The fourth-order valence-corrected chi connectivity index (χ4v) is 22.1. The molecule has 0 spiro atoms. The molecule has 0 saturated carbocycles. The second-order valence-electron chi connectivity index (χ2n) is 22.4. The van der Waals surface area contributed by atoms with Crippen LogP contribution in [0.1, 0.15) is 109 Å². The van der Waals surface area contributed by atoms with Crippen molar-refractivity contribution in [3.05, 3.63) is 158 Å². The number of hydrogen-bond donors (Lipinski definition) is 0. The molecule has 4 aromatic rings. The lowest BCUT2D eigenvalue weighted by atomic mass is 9.82. The van der Waals surface area contributed by atoms with Crippen molar-refractivity contribution in [3.8, 4) is 5.75 Å². The average molecular weight is 990 g/mol. The highest BCUT2D eigenvalue weighted by atomic mass is 31.2. The van der Waals surface area contributed by atoms with Gasteiger partial charge in [-0.05, 0) is 93.5 Å². The predicted molar refractivity (Wildman–Crippen MR) is 310 cm³/mol. The van der Waals surface area contributed by atoms with E-state index in [1.54, 1.807) is 7.11 Å². The predicted octanol–water partition coefficient (Wildman–Crippen LogP) is 16.2. The van der Waals surface area contributed by atoms with E-state index in [4.69, 9.17) is 18.3 Å². The molecule has 0 amide bonds. The molecule has 0 unspecified atom stereocenters. The van der Waals surface area contributed by atoms with E-state index in [-0.39, 0.29) is 52.9 Å². The van der Waals surface area contributed by atoms with E-state index in [0.29, 0.717) is 23.2 Å². The fraction of sp³-hybridized carbons (Fsp3) is 0.500. The van der Waals surface area contributed by atoms with E-state index in [1.807, 2.05) is 18.2 Å². The Morgan fingerprint density at radius 2 is 1.04 bits per heavy atom. The van der Waals surface area contributed by atoms with Crippen LogP contribution < -0.4 is 20.7 Å². The molecule has 7 heteroatoms. The van der Waals surface area contributed by atoms with Gasteiger partial charge in [0.1, 0.15) is 5.75 Å². The third-order valence-electron chi connectivity index (χ3n) is 15.5. The Morgan fingerprint density at radius 3 is 1.46 bits per heavy atom. The topological polar surface area (TPSA) is 36.9 Å². The van der Waals surface area contributed by atoms with Crippen LogP contribution >= 0.6 is 6.89 Å². The van der Waals surface area contributed by atoms with Crippen molar-refractivity contribution in [1.82, 2.24) is 0 Å². The van der Waals surface area contributed by atoms with Crippen LogP contribution in [-0.2, 0) is 20.2 Å². The van der Waals surface area contributed by atoms with Gasteiger partial charge in [-0.3, -0.25) is 0 Å². The first kappa shape index (κ1) is 58.1. The average Bonchev–Trinajstić information content (AvgIpc) is 3.32. The molecule has 0 aromatic heterocycles. The van der Waals surface area contributed by atoms with E-state index in [9.17, 15) is 0 Å². The lowest BCUT2D eigenvalue weighted by Gasteiger charge is -2.47. The van der Waals surface area contributed by atoms with Gasteiger partial charge >= 0.3 is 0 Å².